The molecule has 19 heavy (non-hydrogen) atoms. The number of hydrogen-bond donors (Lipinski definition) is 0. The Labute approximate surface area is 108 Å². The first kappa shape index (κ1) is 13.4. The summed E-state index contributed by atoms with van der Waals surface area (Å²) in [5.74, 6) is -0.564. The Morgan fingerprint density at radius 3 is 1.95 bits per heavy atom. The lowest BCUT2D eigenvalue weighted by atomic mass is 10.2. The van der Waals surface area contributed by atoms with E-state index in [4.69, 9.17) is 0 Å². The molecule has 0 saturated carbocycles. The molecule has 0 aromatic heterocycles. The second-order valence-corrected chi connectivity index (χ2v) is 4.02. The zero-order chi connectivity index (χ0) is 13.9. The molecule has 2 aromatic rings. The summed E-state index contributed by atoms with van der Waals surface area (Å²) in [4.78, 5) is 0.280. The Balaban J connectivity index is 2.29. The number of rotatable bonds is 3. The third-order valence-corrected chi connectivity index (χ3v) is 2.63. The lowest BCUT2D eigenvalue weighted by molar-refractivity contribution is -0.130. The molecule has 2 rings (SSSR count). The van der Waals surface area contributed by atoms with Crippen molar-refractivity contribution in [2.75, 3.05) is 4.90 Å². The monoisotopic (exact) mass is 269 g/mol. The van der Waals surface area contributed by atoms with E-state index < -0.39 is 12.1 Å². The predicted molar refractivity (Wildman–Crippen MR) is 65.1 cm³/mol. The molecule has 0 aliphatic heterocycles. The molecule has 0 unspecified atom stereocenters. The highest BCUT2D eigenvalue weighted by molar-refractivity contribution is 5.47. The van der Waals surface area contributed by atoms with Gasteiger partial charge in [0.2, 0.25) is 0 Å². The Bertz CT molecular complexity index is 519. The summed E-state index contributed by atoms with van der Waals surface area (Å²) >= 11 is 0. The molecular weight excluding hydrogens is 258 g/mol. The van der Waals surface area contributed by atoms with E-state index in [1.807, 2.05) is 0 Å². The van der Waals surface area contributed by atoms with Crippen LogP contribution in [-0.4, -0.2) is 6.30 Å². The van der Waals surface area contributed by atoms with E-state index in [9.17, 15) is 17.6 Å². The van der Waals surface area contributed by atoms with Crippen LogP contribution < -0.4 is 4.90 Å². The molecule has 0 amide bonds. The number of benzene rings is 2. The molecule has 0 atom stereocenters. The van der Waals surface area contributed by atoms with Gasteiger partial charge < -0.3 is 0 Å². The molecule has 0 fully saturated rings. The van der Waals surface area contributed by atoms with Crippen LogP contribution in [0.1, 0.15) is 5.56 Å². The molecule has 0 N–H and O–H groups in total. The molecule has 0 saturated heterocycles. The smallest absolute Gasteiger partial charge is 0.280 e. The number of hydrogen-bond acceptors (Lipinski definition) is 1. The van der Waals surface area contributed by atoms with Gasteiger partial charge in [-0.05, 0) is 29.8 Å². The van der Waals surface area contributed by atoms with Crippen LogP contribution in [0.4, 0.5) is 23.2 Å². The van der Waals surface area contributed by atoms with Crippen LogP contribution in [0.3, 0.4) is 0 Å². The van der Waals surface area contributed by atoms with Gasteiger partial charge in [0, 0.05) is 5.69 Å². The van der Waals surface area contributed by atoms with Crippen molar-refractivity contribution in [3.8, 4) is 0 Å². The first-order valence-corrected chi connectivity index (χ1v) is 5.60. The highest BCUT2D eigenvalue weighted by Crippen LogP contribution is 2.30. The Morgan fingerprint density at radius 1 is 0.842 bits per heavy atom. The van der Waals surface area contributed by atoms with Gasteiger partial charge in [-0.25, -0.2) is 4.39 Å². The fraction of sp³-hybridized carbons (Fsp3) is 0.143. The summed E-state index contributed by atoms with van der Waals surface area (Å²) in [7, 11) is 0. The zero-order valence-electron chi connectivity index (χ0n) is 9.86. The van der Waals surface area contributed by atoms with Gasteiger partial charge in [-0.1, -0.05) is 30.3 Å². The number of alkyl halides is 3. The van der Waals surface area contributed by atoms with Crippen LogP contribution in [0, 0.1) is 5.82 Å². The molecule has 0 aliphatic rings. The highest BCUT2D eigenvalue weighted by atomic mass is 19.4. The maximum Gasteiger partial charge on any atom is 0.485 e. The molecule has 0 radical (unpaired) electrons. The summed E-state index contributed by atoms with van der Waals surface area (Å²) < 4.78 is 51.8. The SMILES string of the molecule is Fc1ccc(N(Cc2ccccc2)C(F)(F)F)cc1. The molecule has 0 bridgehead atoms. The maximum absolute atomic E-state index is 13.0. The second-order valence-electron chi connectivity index (χ2n) is 4.02. The van der Waals surface area contributed by atoms with Crippen molar-refractivity contribution in [1.29, 1.82) is 0 Å². The van der Waals surface area contributed by atoms with Crippen LogP contribution in [0.2, 0.25) is 0 Å². The average Bonchev–Trinajstić information content (AvgIpc) is 2.37. The van der Waals surface area contributed by atoms with Crippen LogP contribution in [-0.2, 0) is 6.54 Å². The van der Waals surface area contributed by atoms with E-state index in [0.717, 1.165) is 24.3 Å². The van der Waals surface area contributed by atoms with Crippen LogP contribution >= 0.6 is 0 Å². The Morgan fingerprint density at radius 2 is 1.42 bits per heavy atom. The average molecular weight is 269 g/mol. The van der Waals surface area contributed by atoms with Crippen molar-refractivity contribution in [1.82, 2.24) is 0 Å². The van der Waals surface area contributed by atoms with Crippen LogP contribution in [0.15, 0.2) is 54.6 Å². The molecule has 0 heterocycles. The van der Waals surface area contributed by atoms with Crippen molar-refractivity contribution in [2.45, 2.75) is 12.8 Å². The minimum absolute atomic E-state index is 0.0854. The lowest BCUT2D eigenvalue weighted by Gasteiger charge is -2.27. The van der Waals surface area contributed by atoms with E-state index in [0.29, 0.717) is 5.56 Å². The topological polar surface area (TPSA) is 3.24 Å². The van der Waals surface area contributed by atoms with Crippen LogP contribution in [0.5, 0.6) is 0 Å². The van der Waals surface area contributed by atoms with Crippen molar-refractivity contribution in [3.63, 3.8) is 0 Å². The van der Waals surface area contributed by atoms with E-state index in [1.54, 1.807) is 30.3 Å². The molecule has 5 heteroatoms. The summed E-state index contributed by atoms with van der Waals surface area (Å²) in [6, 6.07) is 12.6. The fourth-order valence-electron chi connectivity index (χ4n) is 1.71. The van der Waals surface area contributed by atoms with Gasteiger partial charge in [0.15, 0.2) is 0 Å². The van der Waals surface area contributed by atoms with Crippen molar-refractivity contribution < 1.29 is 17.6 Å². The predicted octanol–water partition coefficient (Wildman–Crippen LogP) is 4.35. The van der Waals surface area contributed by atoms with Gasteiger partial charge in [0.05, 0.1) is 6.54 Å². The molecule has 100 valence electrons. The number of anilines is 1. The van der Waals surface area contributed by atoms with Gasteiger partial charge in [-0.2, -0.15) is 13.2 Å². The van der Waals surface area contributed by atoms with Crippen LogP contribution in [0.25, 0.3) is 0 Å². The summed E-state index contributed by atoms with van der Waals surface area (Å²) in [6.45, 7) is -0.310. The summed E-state index contributed by atoms with van der Waals surface area (Å²) in [5, 5.41) is 0. The largest absolute Gasteiger partial charge is 0.485 e. The number of nitrogens with zero attached hydrogens (tertiary/aromatic N) is 1. The second kappa shape index (κ2) is 5.30. The minimum atomic E-state index is -4.52. The molecule has 0 aliphatic carbocycles. The third-order valence-electron chi connectivity index (χ3n) is 2.63. The van der Waals surface area contributed by atoms with Gasteiger partial charge >= 0.3 is 6.30 Å². The van der Waals surface area contributed by atoms with E-state index in [-0.39, 0.29) is 17.1 Å². The normalized spacial score (nSPS) is 11.4. The quantitative estimate of drug-likeness (QED) is 0.591. The Hall–Kier alpha value is -2.04. The lowest BCUT2D eigenvalue weighted by Crippen LogP contribution is -2.37. The van der Waals surface area contributed by atoms with Crippen molar-refractivity contribution in [3.05, 3.63) is 66.0 Å². The summed E-state index contributed by atoms with van der Waals surface area (Å²) in [6.07, 6.45) is -4.52. The van der Waals surface area contributed by atoms with Gasteiger partial charge in [-0.3, -0.25) is 4.90 Å². The highest BCUT2D eigenvalue weighted by Gasteiger charge is 2.37. The number of halogens is 4. The zero-order valence-corrected chi connectivity index (χ0v) is 9.86. The van der Waals surface area contributed by atoms with Gasteiger partial charge in [0.1, 0.15) is 5.82 Å². The van der Waals surface area contributed by atoms with Gasteiger partial charge in [0.25, 0.3) is 0 Å². The maximum atomic E-state index is 13.0. The minimum Gasteiger partial charge on any atom is -0.280 e. The van der Waals surface area contributed by atoms with E-state index in [2.05, 4.69) is 0 Å². The third kappa shape index (κ3) is 3.47. The molecular formula is C14H11F4N. The Kier molecular flexibility index (Phi) is 3.74. The fourth-order valence-corrected chi connectivity index (χ4v) is 1.71. The van der Waals surface area contributed by atoms with E-state index >= 15 is 0 Å². The van der Waals surface area contributed by atoms with Gasteiger partial charge in [-0.15, -0.1) is 0 Å². The molecule has 0 spiro atoms. The standard InChI is InChI=1S/C14H11F4N/c15-12-6-8-13(9-7-12)19(14(16,17)18)10-11-4-2-1-3-5-11/h1-9H,10H2. The molecule has 1 nitrogen and oxygen atoms in total. The van der Waals surface area contributed by atoms with Crippen molar-refractivity contribution >= 4 is 5.69 Å². The first-order valence-electron chi connectivity index (χ1n) is 5.60. The van der Waals surface area contributed by atoms with E-state index in [1.165, 1.54) is 0 Å². The first-order chi connectivity index (χ1) is 8.97. The summed E-state index contributed by atoms with van der Waals surface area (Å²) in [5.41, 5.74) is 0.446. The molecule has 2 aromatic carbocycles. The van der Waals surface area contributed by atoms with Crippen molar-refractivity contribution in [2.24, 2.45) is 0 Å².